The molecule has 2 heterocycles. The van der Waals surface area contributed by atoms with Gasteiger partial charge in [0.05, 0.1) is 11.0 Å². The molecule has 25 heavy (non-hydrogen) atoms. The zero-order chi connectivity index (χ0) is 16.8. The summed E-state index contributed by atoms with van der Waals surface area (Å²) in [7, 11) is 2.07. The van der Waals surface area contributed by atoms with Gasteiger partial charge in [-0.05, 0) is 23.6 Å². The van der Waals surface area contributed by atoms with Crippen LogP contribution in [0.2, 0.25) is 0 Å². The number of benzene rings is 3. The molecule has 0 saturated carbocycles. The Kier molecular flexibility index (Phi) is 3.10. The second kappa shape index (κ2) is 5.45. The van der Waals surface area contributed by atoms with E-state index in [9.17, 15) is 0 Å². The van der Waals surface area contributed by atoms with Gasteiger partial charge in [0, 0.05) is 25.3 Å². The largest absolute Gasteiger partial charge is 0.441 e. The van der Waals surface area contributed by atoms with Crippen LogP contribution in [0.1, 0.15) is 11.7 Å². The zero-order valence-corrected chi connectivity index (χ0v) is 13.9. The lowest BCUT2D eigenvalue weighted by Crippen LogP contribution is -2.00. The van der Waals surface area contributed by atoms with E-state index >= 15 is 0 Å². The quantitative estimate of drug-likeness (QED) is 0.484. The minimum absolute atomic E-state index is 0.740. The smallest absolute Gasteiger partial charge is 0.195 e. The Balaban J connectivity index is 1.52. The van der Waals surface area contributed by atoms with Gasteiger partial charge < -0.3 is 8.98 Å². The molecule has 3 aromatic carbocycles. The molecule has 4 nitrogen and oxygen atoms in total. The predicted molar refractivity (Wildman–Crippen MR) is 99.6 cm³/mol. The first kappa shape index (κ1) is 14.2. The second-order valence-corrected chi connectivity index (χ2v) is 6.32. The number of nitrogens with zero attached hydrogens (tertiary/aromatic N) is 3. The Hall–Kier alpha value is -3.14. The van der Waals surface area contributed by atoms with Crippen molar-refractivity contribution >= 4 is 32.9 Å². The molecule has 5 aromatic rings. The summed E-state index contributed by atoms with van der Waals surface area (Å²) in [5.74, 6) is 1.81. The highest BCUT2D eigenvalue weighted by atomic mass is 16.3. The fraction of sp³-hybridized carbons (Fsp3) is 0.143. The number of rotatable bonds is 3. The molecule has 0 bridgehead atoms. The number of hydrogen-bond donors (Lipinski definition) is 0. The summed E-state index contributed by atoms with van der Waals surface area (Å²) in [4.78, 5) is 9.46. The van der Waals surface area contributed by atoms with Gasteiger partial charge in [0.25, 0.3) is 0 Å². The lowest BCUT2D eigenvalue weighted by molar-refractivity contribution is 0.523. The average molecular weight is 327 g/mol. The lowest BCUT2D eigenvalue weighted by atomic mass is 10.1. The Morgan fingerprint density at radius 1 is 0.880 bits per heavy atom. The molecule has 0 aliphatic carbocycles. The van der Waals surface area contributed by atoms with Crippen molar-refractivity contribution in [1.82, 2.24) is 14.5 Å². The number of aryl methyl sites for hydroxylation is 3. The van der Waals surface area contributed by atoms with Gasteiger partial charge in [-0.2, -0.15) is 0 Å². The van der Waals surface area contributed by atoms with Crippen molar-refractivity contribution in [3.05, 3.63) is 72.4 Å². The van der Waals surface area contributed by atoms with Gasteiger partial charge in [0.1, 0.15) is 11.3 Å². The molecule has 0 aliphatic rings. The molecule has 5 rings (SSSR count). The summed E-state index contributed by atoms with van der Waals surface area (Å²) >= 11 is 0. The van der Waals surface area contributed by atoms with E-state index < -0.39 is 0 Å². The van der Waals surface area contributed by atoms with Crippen LogP contribution < -0.4 is 0 Å². The van der Waals surface area contributed by atoms with Crippen molar-refractivity contribution in [2.75, 3.05) is 0 Å². The third kappa shape index (κ3) is 2.30. The van der Waals surface area contributed by atoms with Crippen molar-refractivity contribution in [3.8, 4) is 0 Å². The van der Waals surface area contributed by atoms with Crippen LogP contribution in [0.3, 0.4) is 0 Å². The lowest BCUT2D eigenvalue weighted by Gasteiger charge is -2.01. The third-order valence-corrected chi connectivity index (χ3v) is 4.77. The van der Waals surface area contributed by atoms with Gasteiger partial charge in [0.15, 0.2) is 11.5 Å². The average Bonchev–Trinajstić information content (AvgIpc) is 3.21. The van der Waals surface area contributed by atoms with Crippen molar-refractivity contribution in [3.63, 3.8) is 0 Å². The monoisotopic (exact) mass is 327 g/mol. The number of fused-ring (bicyclic) bond motifs is 4. The van der Waals surface area contributed by atoms with Crippen molar-refractivity contribution in [2.24, 2.45) is 7.05 Å². The number of imidazole rings is 1. The highest BCUT2D eigenvalue weighted by Gasteiger charge is 2.12. The summed E-state index contributed by atoms with van der Waals surface area (Å²) in [6.45, 7) is 0. The van der Waals surface area contributed by atoms with E-state index in [2.05, 4.69) is 53.0 Å². The molecule has 4 heteroatoms. The molecular formula is C21H17N3O. The SMILES string of the molecule is Cn1c(CCc2nc3ccccc3o2)nc2c3ccccc3ccc21. The van der Waals surface area contributed by atoms with E-state index in [1.807, 2.05) is 24.3 Å². The molecule has 2 aromatic heterocycles. The van der Waals surface area contributed by atoms with Crippen LogP contribution in [-0.2, 0) is 19.9 Å². The van der Waals surface area contributed by atoms with Gasteiger partial charge in [-0.25, -0.2) is 9.97 Å². The summed E-state index contributed by atoms with van der Waals surface area (Å²) in [6.07, 6.45) is 1.54. The molecule has 0 spiro atoms. The number of oxazole rings is 1. The van der Waals surface area contributed by atoms with E-state index in [4.69, 9.17) is 9.40 Å². The first-order valence-corrected chi connectivity index (χ1v) is 8.47. The first-order chi connectivity index (χ1) is 12.3. The fourth-order valence-corrected chi connectivity index (χ4v) is 3.44. The summed E-state index contributed by atoms with van der Waals surface area (Å²) < 4.78 is 8.00. The molecular weight excluding hydrogens is 310 g/mol. The van der Waals surface area contributed by atoms with Crippen LogP contribution in [0.5, 0.6) is 0 Å². The van der Waals surface area contributed by atoms with Crippen LogP contribution in [0.25, 0.3) is 32.9 Å². The molecule has 0 saturated heterocycles. The maximum Gasteiger partial charge on any atom is 0.195 e. The van der Waals surface area contributed by atoms with Crippen LogP contribution >= 0.6 is 0 Å². The van der Waals surface area contributed by atoms with Crippen LogP contribution in [-0.4, -0.2) is 14.5 Å². The Labute approximate surface area is 144 Å². The molecule has 0 radical (unpaired) electrons. The third-order valence-electron chi connectivity index (χ3n) is 4.77. The normalized spacial score (nSPS) is 11.7. The highest BCUT2D eigenvalue weighted by molar-refractivity contribution is 6.04. The maximum atomic E-state index is 5.83. The molecule has 0 N–H and O–H groups in total. The Bertz CT molecular complexity index is 1180. The molecule has 122 valence electrons. The van der Waals surface area contributed by atoms with Gasteiger partial charge >= 0.3 is 0 Å². The molecule has 0 amide bonds. The molecule has 0 aliphatic heterocycles. The molecule has 0 fully saturated rings. The molecule has 0 atom stereocenters. The van der Waals surface area contributed by atoms with Gasteiger partial charge in [0.2, 0.25) is 0 Å². The van der Waals surface area contributed by atoms with Crippen molar-refractivity contribution < 1.29 is 4.42 Å². The number of para-hydroxylation sites is 2. The van der Waals surface area contributed by atoms with E-state index in [0.29, 0.717) is 0 Å². The summed E-state index contributed by atoms with van der Waals surface area (Å²) in [5, 5.41) is 2.42. The van der Waals surface area contributed by atoms with Crippen molar-refractivity contribution in [2.45, 2.75) is 12.8 Å². The Morgan fingerprint density at radius 2 is 1.72 bits per heavy atom. The fourth-order valence-electron chi connectivity index (χ4n) is 3.44. The van der Waals surface area contributed by atoms with E-state index in [1.165, 1.54) is 10.8 Å². The molecule has 0 unspecified atom stereocenters. The zero-order valence-electron chi connectivity index (χ0n) is 13.9. The summed E-state index contributed by atoms with van der Waals surface area (Å²) in [5.41, 5.74) is 3.97. The van der Waals surface area contributed by atoms with Crippen LogP contribution in [0.4, 0.5) is 0 Å². The van der Waals surface area contributed by atoms with Crippen LogP contribution in [0, 0.1) is 0 Å². The maximum absolute atomic E-state index is 5.83. The number of aromatic nitrogens is 3. The second-order valence-electron chi connectivity index (χ2n) is 6.32. The number of hydrogen-bond acceptors (Lipinski definition) is 3. The van der Waals surface area contributed by atoms with Gasteiger partial charge in [-0.3, -0.25) is 0 Å². The van der Waals surface area contributed by atoms with Gasteiger partial charge in [-0.15, -0.1) is 0 Å². The topological polar surface area (TPSA) is 43.9 Å². The standard InChI is InChI=1S/C21H17N3O/c1-24-17-11-10-14-6-2-3-7-15(14)21(17)23-19(24)12-13-20-22-16-8-4-5-9-18(16)25-20/h2-11H,12-13H2,1H3. The van der Waals surface area contributed by atoms with E-state index in [-0.39, 0.29) is 0 Å². The minimum atomic E-state index is 0.740. The van der Waals surface area contributed by atoms with Gasteiger partial charge in [-0.1, -0.05) is 42.5 Å². The van der Waals surface area contributed by atoms with Crippen LogP contribution in [0.15, 0.2) is 65.1 Å². The van der Waals surface area contributed by atoms with Crippen molar-refractivity contribution in [1.29, 1.82) is 0 Å². The summed E-state index contributed by atoms with van der Waals surface area (Å²) in [6, 6.07) is 20.6. The van der Waals surface area contributed by atoms with E-state index in [1.54, 1.807) is 0 Å². The first-order valence-electron chi connectivity index (χ1n) is 8.47. The Morgan fingerprint density at radius 3 is 2.64 bits per heavy atom. The van der Waals surface area contributed by atoms with E-state index in [0.717, 1.165) is 46.7 Å². The predicted octanol–water partition coefficient (Wildman–Crippen LogP) is 4.65. The minimum Gasteiger partial charge on any atom is -0.441 e. The highest BCUT2D eigenvalue weighted by Crippen LogP contribution is 2.25.